The molecule has 3 atom stereocenters. The van der Waals surface area contributed by atoms with Crippen LogP contribution >= 0.6 is 0 Å². The minimum absolute atomic E-state index is 0.325. The number of aliphatic hydroxyl groups excluding tert-OH is 1. The van der Waals surface area contributed by atoms with Gasteiger partial charge in [-0.25, -0.2) is 0 Å². The first kappa shape index (κ1) is 10.5. The molecule has 0 spiro atoms. The molecule has 3 unspecified atom stereocenters. The van der Waals surface area contributed by atoms with Crippen LogP contribution in [-0.4, -0.2) is 11.2 Å². The predicted molar refractivity (Wildman–Crippen MR) is 56.5 cm³/mol. The molecular weight excluding hydrogens is 160 g/mol. The van der Waals surface area contributed by atoms with Crippen LogP contribution < -0.4 is 0 Å². The summed E-state index contributed by atoms with van der Waals surface area (Å²) < 4.78 is 0. The van der Waals surface area contributed by atoms with Gasteiger partial charge in [0.05, 0.1) is 6.10 Å². The largest absolute Gasteiger partial charge is 0.389 e. The SMILES string of the molecule is CCC1CC1C/C=C/C=C/C(C)O. The second kappa shape index (κ2) is 5.23. The van der Waals surface area contributed by atoms with E-state index in [0.717, 1.165) is 11.8 Å². The average Bonchev–Trinajstić information content (AvgIpc) is 2.82. The van der Waals surface area contributed by atoms with Gasteiger partial charge in [-0.3, -0.25) is 0 Å². The van der Waals surface area contributed by atoms with Crippen LogP contribution in [0.5, 0.6) is 0 Å². The van der Waals surface area contributed by atoms with Crippen molar-refractivity contribution < 1.29 is 5.11 Å². The van der Waals surface area contributed by atoms with Crippen LogP contribution in [0.3, 0.4) is 0 Å². The highest BCUT2D eigenvalue weighted by molar-refractivity contribution is 5.05. The van der Waals surface area contributed by atoms with Crippen molar-refractivity contribution in [2.75, 3.05) is 0 Å². The lowest BCUT2D eigenvalue weighted by Crippen LogP contribution is -1.90. The molecule has 1 fully saturated rings. The van der Waals surface area contributed by atoms with Gasteiger partial charge in [0.2, 0.25) is 0 Å². The Morgan fingerprint density at radius 1 is 1.38 bits per heavy atom. The smallest absolute Gasteiger partial charge is 0.0695 e. The first-order chi connectivity index (χ1) is 6.24. The Balaban J connectivity index is 2.06. The fourth-order valence-electron chi connectivity index (χ4n) is 1.66. The van der Waals surface area contributed by atoms with E-state index in [4.69, 9.17) is 5.11 Å². The summed E-state index contributed by atoms with van der Waals surface area (Å²) in [6, 6.07) is 0. The van der Waals surface area contributed by atoms with Crippen molar-refractivity contribution in [3.63, 3.8) is 0 Å². The Bertz CT molecular complexity index is 191. The summed E-state index contributed by atoms with van der Waals surface area (Å²) in [5.41, 5.74) is 0. The molecule has 0 aromatic rings. The molecule has 0 radical (unpaired) electrons. The predicted octanol–water partition coefficient (Wildman–Crippen LogP) is 2.92. The normalized spacial score (nSPS) is 30.1. The second-order valence-corrected chi connectivity index (χ2v) is 3.95. The molecule has 1 N–H and O–H groups in total. The first-order valence-corrected chi connectivity index (χ1v) is 5.25. The first-order valence-electron chi connectivity index (χ1n) is 5.25. The molecule has 1 saturated carbocycles. The van der Waals surface area contributed by atoms with Crippen molar-refractivity contribution in [3.05, 3.63) is 24.3 Å². The van der Waals surface area contributed by atoms with Crippen LogP contribution in [0, 0.1) is 11.8 Å². The molecule has 1 nitrogen and oxygen atoms in total. The van der Waals surface area contributed by atoms with Crippen molar-refractivity contribution in [3.8, 4) is 0 Å². The lowest BCUT2D eigenvalue weighted by molar-refractivity contribution is 0.244. The fraction of sp³-hybridized carbons (Fsp3) is 0.667. The summed E-state index contributed by atoms with van der Waals surface area (Å²) in [5.74, 6) is 1.94. The van der Waals surface area contributed by atoms with Gasteiger partial charge in [0.15, 0.2) is 0 Å². The molecule has 1 heteroatoms. The maximum absolute atomic E-state index is 8.93. The Morgan fingerprint density at radius 2 is 2.15 bits per heavy atom. The monoisotopic (exact) mass is 180 g/mol. The number of aliphatic hydroxyl groups is 1. The van der Waals surface area contributed by atoms with Crippen LogP contribution in [0.1, 0.15) is 33.1 Å². The molecule has 74 valence electrons. The molecule has 1 rings (SSSR count). The lowest BCUT2D eigenvalue weighted by Gasteiger charge is -1.91. The molecule has 0 aromatic carbocycles. The van der Waals surface area contributed by atoms with Crippen LogP contribution in [0.2, 0.25) is 0 Å². The molecule has 0 heterocycles. The topological polar surface area (TPSA) is 20.2 Å². The Kier molecular flexibility index (Phi) is 4.23. The molecule has 1 aliphatic rings. The maximum Gasteiger partial charge on any atom is 0.0695 e. The molecular formula is C12H20O. The Hall–Kier alpha value is -0.560. The van der Waals surface area contributed by atoms with Gasteiger partial charge < -0.3 is 5.11 Å². The van der Waals surface area contributed by atoms with E-state index in [0.29, 0.717) is 0 Å². The van der Waals surface area contributed by atoms with Gasteiger partial charge in [-0.2, -0.15) is 0 Å². The molecule has 0 amide bonds. The van der Waals surface area contributed by atoms with Crippen molar-refractivity contribution in [2.24, 2.45) is 11.8 Å². The zero-order valence-electron chi connectivity index (χ0n) is 8.61. The minimum Gasteiger partial charge on any atom is -0.389 e. The Morgan fingerprint density at radius 3 is 2.69 bits per heavy atom. The average molecular weight is 180 g/mol. The van der Waals surface area contributed by atoms with Gasteiger partial charge in [0.1, 0.15) is 0 Å². The van der Waals surface area contributed by atoms with Crippen molar-refractivity contribution in [1.29, 1.82) is 0 Å². The number of hydrogen-bond acceptors (Lipinski definition) is 1. The van der Waals surface area contributed by atoms with Crippen molar-refractivity contribution in [1.82, 2.24) is 0 Å². The zero-order chi connectivity index (χ0) is 9.68. The lowest BCUT2D eigenvalue weighted by atomic mass is 10.2. The third kappa shape index (κ3) is 4.28. The van der Waals surface area contributed by atoms with Crippen LogP contribution in [-0.2, 0) is 0 Å². The highest BCUT2D eigenvalue weighted by atomic mass is 16.3. The van der Waals surface area contributed by atoms with Crippen molar-refractivity contribution >= 4 is 0 Å². The summed E-state index contributed by atoms with van der Waals surface area (Å²) in [6.07, 6.45) is 11.6. The highest BCUT2D eigenvalue weighted by Crippen LogP contribution is 2.43. The summed E-state index contributed by atoms with van der Waals surface area (Å²) in [6.45, 7) is 4.03. The third-order valence-electron chi connectivity index (χ3n) is 2.67. The van der Waals surface area contributed by atoms with E-state index in [1.165, 1.54) is 19.3 Å². The van der Waals surface area contributed by atoms with Gasteiger partial charge in [-0.05, 0) is 31.6 Å². The van der Waals surface area contributed by atoms with Gasteiger partial charge in [-0.1, -0.05) is 37.6 Å². The number of allylic oxidation sites excluding steroid dienone is 3. The quantitative estimate of drug-likeness (QED) is 0.645. The second-order valence-electron chi connectivity index (χ2n) is 3.95. The molecule has 1 aliphatic carbocycles. The molecule has 0 aromatic heterocycles. The molecule has 0 saturated heterocycles. The maximum atomic E-state index is 8.93. The van der Waals surface area contributed by atoms with Gasteiger partial charge in [0.25, 0.3) is 0 Å². The number of hydrogen-bond donors (Lipinski definition) is 1. The standard InChI is InChI=1S/C12H20O/c1-3-11-9-12(11)8-6-4-5-7-10(2)13/h4-7,10-13H,3,8-9H2,1-2H3/b6-4+,7-5+. The summed E-state index contributed by atoms with van der Waals surface area (Å²) in [5, 5.41) is 8.93. The number of rotatable bonds is 5. The zero-order valence-corrected chi connectivity index (χ0v) is 8.61. The van der Waals surface area contributed by atoms with Crippen molar-refractivity contribution in [2.45, 2.75) is 39.2 Å². The molecule has 13 heavy (non-hydrogen) atoms. The van der Waals surface area contributed by atoms with Gasteiger partial charge in [-0.15, -0.1) is 0 Å². The Labute approximate surface area is 81.2 Å². The van der Waals surface area contributed by atoms with Gasteiger partial charge >= 0.3 is 0 Å². The summed E-state index contributed by atoms with van der Waals surface area (Å²) in [7, 11) is 0. The van der Waals surface area contributed by atoms with E-state index in [1.54, 1.807) is 13.0 Å². The minimum atomic E-state index is -0.325. The highest BCUT2D eigenvalue weighted by Gasteiger charge is 2.33. The van der Waals surface area contributed by atoms with Crippen LogP contribution in [0.15, 0.2) is 24.3 Å². The van der Waals surface area contributed by atoms with E-state index in [-0.39, 0.29) is 6.10 Å². The molecule has 0 aliphatic heterocycles. The summed E-state index contributed by atoms with van der Waals surface area (Å²) in [4.78, 5) is 0. The van der Waals surface area contributed by atoms with E-state index in [1.807, 2.05) is 12.2 Å². The third-order valence-corrected chi connectivity index (χ3v) is 2.67. The van der Waals surface area contributed by atoms with Gasteiger partial charge in [0, 0.05) is 0 Å². The van der Waals surface area contributed by atoms with E-state index >= 15 is 0 Å². The van der Waals surface area contributed by atoms with Crippen LogP contribution in [0.25, 0.3) is 0 Å². The van der Waals surface area contributed by atoms with E-state index < -0.39 is 0 Å². The summed E-state index contributed by atoms with van der Waals surface area (Å²) >= 11 is 0. The van der Waals surface area contributed by atoms with E-state index in [2.05, 4.69) is 13.0 Å². The van der Waals surface area contributed by atoms with E-state index in [9.17, 15) is 0 Å². The fourth-order valence-corrected chi connectivity index (χ4v) is 1.66. The van der Waals surface area contributed by atoms with Crippen LogP contribution in [0.4, 0.5) is 0 Å². The molecule has 0 bridgehead atoms.